The van der Waals surface area contributed by atoms with Gasteiger partial charge in [0.1, 0.15) is 0 Å². The Hall–Kier alpha value is -0.470. The van der Waals surface area contributed by atoms with Crippen LogP contribution < -0.4 is 0 Å². The van der Waals surface area contributed by atoms with E-state index in [1.165, 1.54) is 69.5 Å². The fourth-order valence-electron chi connectivity index (χ4n) is 2.45. The van der Waals surface area contributed by atoms with E-state index >= 15 is 0 Å². The monoisotopic (exact) mass is 340 g/mol. The van der Waals surface area contributed by atoms with Gasteiger partial charge in [0.25, 0.3) is 0 Å². The highest BCUT2D eigenvalue weighted by Gasteiger charge is 2.06. The third-order valence-corrected chi connectivity index (χ3v) is 5.02. The minimum atomic E-state index is 0.137. The lowest BCUT2D eigenvalue weighted by atomic mass is 10.1. The maximum Gasteiger partial charge on any atom is 0.219 e. The van der Waals surface area contributed by atoms with Gasteiger partial charge in [0.05, 0.1) is 0 Å². The van der Waals surface area contributed by atoms with Crippen LogP contribution in [0, 0.1) is 0 Å². The molecule has 0 aliphatic heterocycles. The number of carbonyl (C=O) groups excluding carboxylic acids is 1. The van der Waals surface area contributed by atoms with Crippen molar-refractivity contribution in [3.05, 3.63) is 34.9 Å². The molecular weight excluding hydrogens is 312 g/mol. The average molecular weight is 341 g/mol. The lowest BCUT2D eigenvalue weighted by molar-refractivity contribution is 0.108. The molecule has 1 aromatic rings. The molecule has 0 fully saturated rings. The molecule has 0 amide bonds. The number of hydrogen-bond donors (Lipinski definition) is 0. The summed E-state index contributed by atoms with van der Waals surface area (Å²) in [5.41, 5.74) is 0.713. The minimum absolute atomic E-state index is 0.137. The largest absolute Gasteiger partial charge is 0.282 e. The second-order valence-electron chi connectivity index (χ2n) is 5.83. The molecule has 1 nitrogen and oxygen atoms in total. The van der Waals surface area contributed by atoms with Crippen LogP contribution in [0.25, 0.3) is 0 Å². The minimum Gasteiger partial charge on any atom is -0.282 e. The number of unbranched alkanes of at least 4 members (excludes halogenated alkanes) is 9. The molecule has 0 spiro atoms. The molecule has 124 valence electrons. The summed E-state index contributed by atoms with van der Waals surface area (Å²) in [6, 6.07) is 7.21. The maximum atomic E-state index is 12.0. The molecule has 0 saturated carbocycles. The van der Waals surface area contributed by atoms with Crippen molar-refractivity contribution in [2.75, 3.05) is 5.75 Å². The zero-order chi connectivity index (χ0) is 16.0. The number of carbonyl (C=O) groups is 1. The van der Waals surface area contributed by atoms with Crippen molar-refractivity contribution < 1.29 is 4.79 Å². The van der Waals surface area contributed by atoms with Crippen LogP contribution in [0.15, 0.2) is 24.3 Å². The van der Waals surface area contributed by atoms with Crippen LogP contribution in [-0.4, -0.2) is 10.9 Å². The molecule has 0 N–H and O–H groups in total. The van der Waals surface area contributed by atoms with Crippen molar-refractivity contribution in [2.45, 2.75) is 71.1 Å². The van der Waals surface area contributed by atoms with E-state index < -0.39 is 0 Å². The van der Waals surface area contributed by atoms with E-state index in [2.05, 4.69) is 6.92 Å². The van der Waals surface area contributed by atoms with Crippen LogP contribution in [0.3, 0.4) is 0 Å². The van der Waals surface area contributed by atoms with E-state index in [0.717, 1.165) is 12.2 Å². The quantitative estimate of drug-likeness (QED) is 0.376. The molecule has 0 radical (unpaired) electrons. The SMILES string of the molecule is CCCCCCCCCCCCSC(=O)c1cccc(Cl)c1. The fourth-order valence-corrected chi connectivity index (χ4v) is 3.47. The Labute approximate surface area is 145 Å². The van der Waals surface area contributed by atoms with Crippen molar-refractivity contribution in [2.24, 2.45) is 0 Å². The molecule has 0 bridgehead atoms. The second-order valence-corrected chi connectivity index (χ2v) is 7.33. The molecule has 0 aliphatic carbocycles. The maximum absolute atomic E-state index is 12.0. The highest BCUT2D eigenvalue weighted by molar-refractivity contribution is 8.14. The fraction of sp³-hybridized carbons (Fsp3) is 0.632. The van der Waals surface area contributed by atoms with Gasteiger partial charge in [-0.1, -0.05) is 100 Å². The van der Waals surface area contributed by atoms with Crippen LogP contribution in [-0.2, 0) is 0 Å². The Kier molecular flexibility index (Phi) is 11.6. The molecule has 22 heavy (non-hydrogen) atoms. The molecule has 0 saturated heterocycles. The predicted octanol–water partition coefficient (Wildman–Crippen LogP) is 7.13. The van der Waals surface area contributed by atoms with Crippen LogP contribution in [0.1, 0.15) is 81.5 Å². The van der Waals surface area contributed by atoms with Gasteiger partial charge >= 0.3 is 0 Å². The molecule has 0 aliphatic rings. The van der Waals surface area contributed by atoms with Crippen molar-refractivity contribution in [3.8, 4) is 0 Å². The van der Waals surface area contributed by atoms with E-state index in [4.69, 9.17) is 11.6 Å². The van der Waals surface area contributed by atoms with Gasteiger partial charge in [0.2, 0.25) is 5.12 Å². The van der Waals surface area contributed by atoms with Crippen LogP contribution in [0.2, 0.25) is 5.02 Å². The Morgan fingerprint density at radius 2 is 1.55 bits per heavy atom. The van der Waals surface area contributed by atoms with E-state index in [1.54, 1.807) is 12.1 Å². The summed E-state index contributed by atoms with van der Waals surface area (Å²) < 4.78 is 0. The lowest BCUT2D eigenvalue weighted by Crippen LogP contribution is -1.95. The van der Waals surface area contributed by atoms with Gasteiger partial charge in [0.15, 0.2) is 0 Å². The van der Waals surface area contributed by atoms with Crippen molar-refractivity contribution >= 4 is 28.5 Å². The first-order valence-corrected chi connectivity index (χ1v) is 10.0. The number of hydrogen-bond acceptors (Lipinski definition) is 2. The summed E-state index contributed by atoms with van der Waals surface area (Å²) in [5.74, 6) is 0.918. The lowest BCUT2D eigenvalue weighted by Gasteiger charge is -2.03. The predicted molar refractivity (Wildman–Crippen MR) is 100 cm³/mol. The van der Waals surface area contributed by atoms with E-state index in [1.807, 2.05) is 12.1 Å². The van der Waals surface area contributed by atoms with E-state index in [0.29, 0.717) is 10.6 Å². The van der Waals surface area contributed by atoms with Gasteiger partial charge < -0.3 is 0 Å². The van der Waals surface area contributed by atoms with Crippen molar-refractivity contribution in [3.63, 3.8) is 0 Å². The summed E-state index contributed by atoms with van der Waals surface area (Å²) >= 11 is 7.32. The Bertz CT molecular complexity index is 420. The van der Waals surface area contributed by atoms with E-state index in [9.17, 15) is 4.79 Å². The molecule has 0 atom stereocenters. The zero-order valence-electron chi connectivity index (χ0n) is 13.8. The summed E-state index contributed by atoms with van der Waals surface area (Å²) in [5, 5.41) is 0.767. The third kappa shape index (κ3) is 9.53. The second kappa shape index (κ2) is 13.0. The number of halogens is 1. The molecule has 0 heterocycles. The number of thioether (sulfide) groups is 1. The number of benzene rings is 1. The van der Waals surface area contributed by atoms with Crippen LogP contribution >= 0.6 is 23.4 Å². The topological polar surface area (TPSA) is 17.1 Å². The molecule has 1 rings (SSSR count). The standard InChI is InChI=1S/C19H29ClOS/c1-2-3-4-5-6-7-8-9-10-11-15-22-19(21)17-13-12-14-18(20)16-17/h12-14,16H,2-11,15H2,1H3. The summed E-state index contributed by atoms with van der Waals surface area (Å²) in [6.07, 6.45) is 13.3. The molecule has 3 heteroatoms. The molecule has 0 unspecified atom stereocenters. The highest BCUT2D eigenvalue weighted by atomic mass is 35.5. The summed E-state index contributed by atoms with van der Waals surface area (Å²) in [4.78, 5) is 12.0. The van der Waals surface area contributed by atoms with Crippen LogP contribution in [0.5, 0.6) is 0 Å². The first kappa shape index (κ1) is 19.6. The first-order chi connectivity index (χ1) is 10.7. The summed E-state index contributed by atoms with van der Waals surface area (Å²) in [6.45, 7) is 2.26. The van der Waals surface area contributed by atoms with Crippen molar-refractivity contribution in [1.29, 1.82) is 0 Å². The Morgan fingerprint density at radius 3 is 2.14 bits per heavy atom. The first-order valence-electron chi connectivity index (χ1n) is 8.66. The van der Waals surface area contributed by atoms with Gasteiger partial charge in [-0.3, -0.25) is 4.79 Å². The highest BCUT2D eigenvalue weighted by Crippen LogP contribution is 2.18. The Balaban J connectivity index is 1.94. The van der Waals surface area contributed by atoms with Gasteiger partial charge in [-0.2, -0.15) is 0 Å². The average Bonchev–Trinajstić information content (AvgIpc) is 2.52. The zero-order valence-corrected chi connectivity index (χ0v) is 15.4. The van der Waals surface area contributed by atoms with Gasteiger partial charge in [-0.15, -0.1) is 0 Å². The normalized spacial score (nSPS) is 10.8. The molecule has 0 aromatic heterocycles. The molecule has 1 aromatic carbocycles. The van der Waals surface area contributed by atoms with Gasteiger partial charge in [-0.25, -0.2) is 0 Å². The summed E-state index contributed by atoms with van der Waals surface area (Å²) in [7, 11) is 0. The third-order valence-electron chi connectivity index (χ3n) is 3.79. The van der Waals surface area contributed by atoms with Gasteiger partial charge in [0, 0.05) is 16.3 Å². The smallest absolute Gasteiger partial charge is 0.219 e. The molecular formula is C19H29ClOS. The number of rotatable bonds is 12. The van der Waals surface area contributed by atoms with Crippen LogP contribution in [0.4, 0.5) is 0 Å². The van der Waals surface area contributed by atoms with E-state index in [-0.39, 0.29) is 5.12 Å². The van der Waals surface area contributed by atoms with Gasteiger partial charge in [-0.05, 0) is 18.6 Å². The van der Waals surface area contributed by atoms with Crippen molar-refractivity contribution in [1.82, 2.24) is 0 Å². The Morgan fingerprint density at radius 1 is 0.955 bits per heavy atom.